The highest BCUT2D eigenvalue weighted by Gasteiger charge is 2.42. The summed E-state index contributed by atoms with van der Waals surface area (Å²) in [6.07, 6.45) is 5.94. The van der Waals surface area contributed by atoms with Gasteiger partial charge in [-0.2, -0.15) is 0 Å². The summed E-state index contributed by atoms with van der Waals surface area (Å²) in [6.45, 7) is 6.03. The van der Waals surface area contributed by atoms with E-state index in [4.69, 9.17) is 10.5 Å². The molecule has 2 unspecified atom stereocenters. The molecule has 17 heavy (non-hydrogen) atoms. The van der Waals surface area contributed by atoms with E-state index in [9.17, 15) is 0 Å². The van der Waals surface area contributed by atoms with Gasteiger partial charge in [-0.3, -0.25) is 0 Å². The highest BCUT2D eigenvalue weighted by Crippen LogP contribution is 2.48. The maximum absolute atomic E-state index is 5.91. The Labute approximate surface area is 105 Å². The lowest BCUT2D eigenvalue weighted by Crippen LogP contribution is -2.58. The number of hydrogen-bond acceptors (Lipinski definition) is 3. The van der Waals surface area contributed by atoms with E-state index in [0.717, 1.165) is 24.3 Å². The maximum Gasteiger partial charge on any atom is 0.0734 e. The molecule has 2 fully saturated rings. The van der Waals surface area contributed by atoms with Gasteiger partial charge in [-0.05, 0) is 63.8 Å². The first-order chi connectivity index (χ1) is 8.10. The summed E-state index contributed by atoms with van der Waals surface area (Å²) in [5.41, 5.74) is 5.82. The lowest BCUT2D eigenvalue weighted by atomic mass is 9.92. The van der Waals surface area contributed by atoms with Gasteiger partial charge in [0, 0.05) is 13.7 Å². The average molecular weight is 240 g/mol. The van der Waals surface area contributed by atoms with Crippen LogP contribution >= 0.6 is 0 Å². The van der Waals surface area contributed by atoms with E-state index in [2.05, 4.69) is 19.2 Å². The maximum atomic E-state index is 5.91. The van der Waals surface area contributed by atoms with Gasteiger partial charge in [-0.1, -0.05) is 0 Å². The molecule has 0 heterocycles. The normalized spacial score (nSPS) is 25.9. The van der Waals surface area contributed by atoms with Gasteiger partial charge < -0.3 is 15.8 Å². The van der Waals surface area contributed by atoms with Crippen LogP contribution in [-0.4, -0.2) is 31.8 Å². The largest absolute Gasteiger partial charge is 0.380 e. The first-order valence-electron chi connectivity index (χ1n) is 7.08. The van der Waals surface area contributed by atoms with Gasteiger partial charge in [-0.15, -0.1) is 0 Å². The van der Waals surface area contributed by atoms with Gasteiger partial charge in [0.25, 0.3) is 0 Å². The van der Waals surface area contributed by atoms with E-state index < -0.39 is 0 Å². The van der Waals surface area contributed by atoms with Crippen molar-refractivity contribution in [2.45, 2.75) is 51.2 Å². The smallest absolute Gasteiger partial charge is 0.0734 e. The van der Waals surface area contributed by atoms with Gasteiger partial charge in [0.2, 0.25) is 0 Å². The van der Waals surface area contributed by atoms with E-state index in [-0.39, 0.29) is 11.6 Å². The first-order valence-corrected chi connectivity index (χ1v) is 7.08. The lowest BCUT2D eigenvalue weighted by molar-refractivity contribution is 0.0389. The van der Waals surface area contributed by atoms with Crippen LogP contribution in [0.25, 0.3) is 0 Å². The lowest BCUT2D eigenvalue weighted by Gasteiger charge is -2.36. The molecule has 3 nitrogen and oxygen atoms in total. The zero-order chi connectivity index (χ0) is 12.5. The molecule has 3 heteroatoms. The van der Waals surface area contributed by atoms with Crippen LogP contribution in [-0.2, 0) is 4.74 Å². The summed E-state index contributed by atoms with van der Waals surface area (Å²) in [7, 11) is 1.76. The Bertz CT molecular complexity index is 239. The van der Waals surface area contributed by atoms with Gasteiger partial charge >= 0.3 is 0 Å². The van der Waals surface area contributed by atoms with E-state index >= 15 is 0 Å². The Balaban J connectivity index is 1.85. The third-order valence-corrected chi connectivity index (χ3v) is 4.87. The van der Waals surface area contributed by atoms with Gasteiger partial charge in [0.05, 0.1) is 11.6 Å². The Hall–Kier alpha value is -0.120. The predicted molar refractivity (Wildman–Crippen MR) is 70.9 cm³/mol. The molecule has 0 amide bonds. The van der Waals surface area contributed by atoms with Crippen LogP contribution in [0, 0.1) is 17.8 Å². The highest BCUT2D eigenvalue weighted by molar-refractivity contribution is 4.96. The van der Waals surface area contributed by atoms with Crippen LogP contribution < -0.4 is 11.1 Å². The van der Waals surface area contributed by atoms with Crippen LogP contribution in [0.3, 0.4) is 0 Å². The number of methoxy groups -OCH3 is 1. The van der Waals surface area contributed by atoms with Crippen LogP contribution in [0.1, 0.15) is 39.5 Å². The third kappa shape index (κ3) is 3.21. The van der Waals surface area contributed by atoms with Gasteiger partial charge in [0.1, 0.15) is 0 Å². The van der Waals surface area contributed by atoms with Crippen molar-refractivity contribution in [3.63, 3.8) is 0 Å². The Morgan fingerprint density at radius 1 is 1.29 bits per heavy atom. The third-order valence-electron chi connectivity index (χ3n) is 4.87. The number of nitrogens with two attached hydrogens (primary N) is 1. The van der Waals surface area contributed by atoms with Crippen molar-refractivity contribution in [1.29, 1.82) is 0 Å². The zero-order valence-electron chi connectivity index (χ0n) is 11.5. The number of rotatable bonds is 8. The summed E-state index contributed by atoms with van der Waals surface area (Å²) in [4.78, 5) is 0. The second-order valence-electron chi connectivity index (χ2n) is 6.22. The van der Waals surface area contributed by atoms with E-state index in [1.807, 2.05) is 0 Å². The first kappa shape index (κ1) is 13.3. The molecule has 0 spiro atoms. The fraction of sp³-hybridized carbons (Fsp3) is 1.00. The Morgan fingerprint density at radius 2 is 1.82 bits per heavy atom. The number of nitrogens with one attached hydrogen (secondary N) is 1. The SMILES string of the molecule is COC(C)C(C)(CN)NCC(C1CC1)C1CC1. The summed E-state index contributed by atoms with van der Waals surface area (Å²) in [6, 6.07) is 0. The minimum absolute atomic E-state index is 0.0865. The highest BCUT2D eigenvalue weighted by atomic mass is 16.5. The Morgan fingerprint density at radius 3 is 2.18 bits per heavy atom. The molecular weight excluding hydrogens is 212 g/mol. The van der Waals surface area contributed by atoms with Crippen LogP contribution in [0.4, 0.5) is 0 Å². The second kappa shape index (κ2) is 5.25. The standard InChI is InChI=1S/C14H28N2O/c1-10(17-3)14(2,9-15)16-8-13(11-4-5-11)12-6-7-12/h10-13,16H,4-9,15H2,1-3H3. The van der Waals surface area contributed by atoms with Crippen molar-refractivity contribution in [2.24, 2.45) is 23.5 Å². The molecule has 2 rings (SSSR count). The minimum Gasteiger partial charge on any atom is -0.380 e. The van der Waals surface area contributed by atoms with Crippen molar-refractivity contribution >= 4 is 0 Å². The van der Waals surface area contributed by atoms with Crippen molar-refractivity contribution < 1.29 is 4.74 Å². The van der Waals surface area contributed by atoms with E-state index in [1.165, 1.54) is 25.7 Å². The monoisotopic (exact) mass is 240 g/mol. The average Bonchev–Trinajstić information content (AvgIpc) is 3.19. The van der Waals surface area contributed by atoms with Crippen molar-refractivity contribution in [1.82, 2.24) is 5.32 Å². The Kier molecular flexibility index (Phi) is 4.11. The molecule has 0 aromatic heterocycles. The molecule has 0 bridgehead atoms. The molecule has 2 aliphatic carbocycles. The molecule has 0 radical (unpaired) electrons. The molecule has 0 aromatic rings. The summed E-state index contributed by atoms with van der Waals surface area (Å²) >= 11 is 0. The molecule has 2 aliphatic rings. The predicted octanol–water partition coefficient (Wildman–Crippen LogP) is 1.76. The summed E-state index contributed by atoms with van der Waals surface area (Å²) in [5.74, 6) is 2.88. The number of ether oxygens (including phenoxy) is 1. The topological polar surface area (TPSA) is 47.3 Å². The zero-order valence-corrected chi connectivity index (χ0v) is 11.5. The molecule has 100 valence electrons. The van der Waals surface area contributed by atoms with E-state index in [1.54, 1.807) is 7.11 Å². The molecular formula is C14H28N2O. The summed E-state index contributed by atoms with van der Waals surface area (Å²) in [5, 5.41) is 3.69. The fourth-order valence-corrected chi connectivity index (χ4v) is 2.76. The van der Waals surface area contributed by atoms with Gasteiger partial charge in [-0.25, -0.2) is 0 Å². The van der Waals surface area contributed by atoms with Crippen LogP contribution in [0.15, 0.2) is 0 Å². The molecule has 0 saturated heterocycles. The molecule has 0 aromatic carbocycles. The van der Waals surface area contributed by atoms with Gasteiger partial charge in [0.15, 0.2) is 0 Å². The quantitative estimate of drug-likeness (QED) is 0.680. The van der Waals surface area contributed by atoms with Crippen LogP contribution in [0.2, 0.25) is 0 Å². The van der Waals surface area contributed by atoms with E-state index in [0.29, 0.717) is 6.54 Å². The van der Waals surface area contributed by atoms with Crippen molar-refractivity contribution in [3.05, 3.63) is 0 Å². The molecule has 2 atom stereocenters. The molecule has 2 saturated carbocycles. The molecule has 0 aliphatic heterocycles. The second-order valence-corrected chi connectivity index (χ2v) is 6.22. The van der Waals surface area contributed by atoms with Crippen LogP contribution in [0.5, 0.6) is 0 Å². The minimum atomic E-state index is -0.0865. The fourth-order valence-electron chi connectivity index (χ4n) is 2.76. The van der Waals surface area contributed by atoms with Crippen molar-refractivity contribution in [2.75, 3.05) is 20.2 Å². The number of hydrogen-bond donors (Lipinski definition) is 2. The molecule has 3 N–H and O–H groups in total. The summed E-state index contributed by atoms with van der Waals surface area (Å²) < 4.78 is 5.45. The van der Waals surface area contributed by atoms with Crippen molar-refractivity contribution in [3.8, 4) is 0 Å².